The minimum absolute atomic E-state index is 0.183. The van der Waals surface area contributed by atoms with E-state index < -0.39 is 12.1 Å². The third-order valence-corrected chi connectivity index (χ3v) is 3.80. The van der Waals surface area contributed by atoms with Crippen molar-refractivity contribution >= 4 is 5.91 Å². The number of hydrogen-bond donors (Lipinski definition) is 1. The topological polar surface area (TPSA) is 95.1 Å². The summed E-state index contributed by atoms with van der Waals surface area (Å²) in [5, 5.41) is 10.9. The standard InChI is InChI=1S/C17H19N5O3/c1-11(19-16(23)12(2)22-9-5-8-18-22)17-20-15(21-25-17)13-6-4-7-14(10-13)24-3/h4-12H,1-3H3,(H,19,23)/t11-,12-/m1/s1. The number of nitrogens with zero attached hydrogens (tertiary/aromatic N) is 4. The molecule has 1 aromatic carbocycles. The van der Waals surface area contributed by atoms with Crippen LogP contribution in [0.25, 0.3) is 11.4 Å². The van der Waals surface area contributed by atoms with E-state index in [4.69, 9.17) is 9.26 Å². The number of nitrogens with one attached hydrogen (secondary N) is 1. The van der Waals surface area contributed by atoms with Gasteiger partial charge in [-0.05, 0) is 32.0 Å². The summed E-state index contributed by atoms with van der Waals surface area (Å²) in [6, 6.07) is 8.28. The molecule has 8 heteroatoms. The molecule has 0 spiro atoms. The molecule has 2 heterocycles. The van der Waals surface area contributed by atoms with Gasteiger partial charge in [-0.2, -0.15) is 10.1 Å². The molecule has 8 nitrogen and oxygen atoms in total. The molecule has 0 aliphatic heterocycles. The van der Waals surface area contributed by atoms with Gasteiger partial charge in [0.25, 0.3) is 0 Å². The summed E-state index contributed by atoms with van der Waals surface area (Å²) in [5.41, 5.74) is 0.776. The lowest BCUT2D eigenvalue weighted by atomic mass is 10.2. The molecule has 2 atom stereocenters. The smallest absolute Gasteiger partial charge is 0.249 e. The summed E-state index contributed by atoms with van der Waals surface area (Å²) in [6.45, 7) is 3.56. The predicted molar refractivity (Wildman–Crippen MR) is 89.8 cm³/mol. The van der Waals surface area contributed by atoms with Crippen molar-refractivity contribution in [3.63, 3.8) is 0 Å². The molecule has 0 aliphatic rings. The molecule has 0 saturated heterocycles. The fourth-order valence-corrected chi connectivity index (χ4v) is 2.32. The molecule has 3 rings (SSSR count). The Kier molecular flexibility index (Phi) is 4.78. The van der Waals surface area contributed by atoms with Crippen molar-refractivity contribution in [2.24, 2.45) is 0 Å². The molecule has 0 unspecified atom stereocenters. The van der Waals surface area contributed by atoms with Crippen LogP contribution in [-0.4, -0.2) is 32.9 Å². The first-order valence-electron chi connectivity index (χ1n) is 7.86. The molecule has 1 N–H and O–H groups in total. The van der Waals surface area contributed by atoms with Gasteiger partial charge in [0.05, 0.1) is 7.11 Å². The van der Waals surface area contributed by atoms with Crippen LogP contribution < -0.4 is 10.1 Å². The van der Waals surface area contributed by atoms with Crippen molar-refractivity contribution in [3.8, 4) is 17.1 Å². The van der Waals surface area contributed by atoms with Crippen molar-refractivity contribution in [3.05, 3.63) is 48.6 Å². The Balaban J connectivity index is 1.70. The van der Waals surface area contributed by atoms with Gasteiger partial charge < -0.3 is 14.6 Å². The summed E-state index contributed by atoms with van der Waals surface area (Å²) in [4.78, 5) is 16.7. The number of carbonyl (C=O) groups excluding carboxylic acids is 1. The second-order valence-corrected chi connectivity index (χ2v) is 5.58. The number of aromatic nitrogens is 4. The Bertz CT molecular complexity index is 844. The monoisotopic (exact) mass is 341 g/mol. The summed E-state index contributed by atoms with van der Waals surface area (Å²) >= 11 is 0. The van der Waals surface area contributed by atoms with Crippen LogP contribution in [0.3, 0.4) is 0 Å². The summed E-state index contributed by atoms with van der Waals surface area (Å²) in [7, 11) is 1.60. The molecule has 3 aromatic rings. The predicted octanol–water partition coefficient (Wildman–Crippen LogP) is 2.38. The Morgan fingerprint density at radius 3 is 2.88 bits per heavy atom. The van der Waals surface area contributed by atoms with Gasteiger partial charge in [-0.3, -0.25) is 9.48 Å². The van der Waals surface area contributed by atoms with Crippen LogP contribution in [0.1, 0.15) is 31.8 Å². The lowest BCUT2D eigenvalue weighted by Crippen LogP contribution is -2.33. The maximum atomic E-state index is 12.3. The van der Waals surface area contributed by atoms with E-state index >= 15 is 0 Å². The number of carbonyl (C=O) groups is 1. The minimum Gasteiger partial charge on any atom is -0.497 e. The van der Waals surface area contributed by atoms with Crippen molar-refractivity contribution in [2.45, 2.75) is 25.9 Å². The molecule has 130 valence electrons. The lowest BCUT2D eigenvalue weighted by Gasteiger charge is -2.15. The average Bonchev–Trinajstić information content (AvgIpc) is 3.32. The van der Waals surface area contributed by atoms with Crippen molar-refractivity contribution < 1.29 is 14.1 Å². The Hall–Kier alpha value is -3.16. The Morgan fingerprint density at radius 1 is 1.32 bits per heavy atom. The second-order valence-electron chi connectivity index (χ2n) is 5.58. The summed E-state index contributed by atoms with van der Waals surface area (Å²) < 4.78 is 12.1. The molecule has 0 saturated carbocycles. The number of amides is 1. The van der Waals surface area contributed by atoms with Crippen molar-refractivity contribution in [2.75, 3.05) is 7.11 Å². The van der Waals surface area contributed by atoms with E-state index in [-0.39, 0.29) is 5.91 Å². The first kappa shape index (κ1) is 16.7. The summed E-state index contributed by atoms with van der Waals surface area (Å²) in [6.07, 6.45) is 3.37. The van der Waals surface area contributed by atoms with E-state index in [1.165, 1.54) is 0 Å². The van der Waals surface area contributed by atoms with E-state index in [0.29, 0.717) is 17.5 Å². The van der Waals surface area contributed by atoms with Gasteiger partial charge in [0, 0.05) is 18.0 Å². The van der Waals surface area contributed by atoms with Gasteiger partial charge in [-0.15, -0.1) is 0 Å². The normalized spacial score (nSPS) is 13.2. The van der Waals surface area contributed by atoms with Gasteiger partial charge >= 0.3 is 0 Å². The van der Waals surface area contributed by atoms with Crippen molar-refractivity contribution in [1.29, 1.82) is 0 Å². The molecule has 0 aliphatic carbocycles. The highest BCUT2D eigenvalue weighted by Crippen LogP contribution is 2.22. The zero-order valence-electron chi connectivity index (χ0n) is 14.2. The van der Waals surface area contributed by atoms with Gasteiger partial charge in [-0.1, -0.05) is 17.3 Å². The van der Waals surface area contributed by atoms with Gasteiger partial charge in [0.1, 0.15) is 17.8 Å². The highest BCUT2D eigenvalue weighted by atomic mass is 16.5. The number of hydrogen-bond acceptors (Lipinski definition) is 6. The quantitative estimate of drug-likeness (QED) is 0.739. The van der Waals surface area contributed by atoms with Crippen LogP contribution >= 0.6 is 0 Å². The minimum atomic E-state index is -0.432. The van der Waals surface area contributed by atoms with Crippen LogP contribution in [0, 0.1) is 0 Å². The fourth-order valence-electron chi connectivity index (χ4n) is 2.32. The molecule has 1 amide bonds. The molecular weight excluding hydrogens is 322 g/mol. The molecule has 25 heavy (non-hydrogen) atoms. The lowest BCUT2D eigenvalue weighted by molar-refractivity contribution is -0.125. The van der Waals surface area contributed by atoms with E-state index in [1.807, 2.05) is 24.3 Å². The van der Waals surface area contributed by atoms with E-state index in [1.54, 1.807) is 44.1 Å². The zero-order chi connectivity index (χ0) is 17.8. The first-order valence-corrected chi connectivity index (χ1v) is 7.86. The number of benzene rings is 1. The maximum absolute atomic E-state index is 12.3. The number of rotatable bonds is 6. The fraction of sp³-hybridized carbons (Fsp3) is 0.294. The molecule has 0 bridgehead atoms. The molecule has 2 aromatic heterocycles. The van der Waals surface area contributed by atoms with Crippen molar-refractivity contribution in [1.82, 2.24) is 25.2 Å². The largest absolute Gasteiger partial charge is 0.497 e. The maximum Gasteiger partial charge on any atom is 0.249 e. The zero-order valence-corrected chi connectivity index (χ0v) is 14.2. The summed E-state index contributed by atoms with van der Waals surface area (Å²) in [5.74, 6) is 1.30. The highest BCUT2D eigenvalue weighted by molar-refractivity contribution is 5.80. The molecule has 0 radical (unpaired) electrons. The van der Waals surface area contributed by atoms with E-state index in [0.717, 1.165) is 5.56 Å². The van der Waals surface area contributed by atoms with Crippen LogP contribution in [0.15, 0.2) is 47.2 Å². The van der Waals surface area contributed by atoms with Crippen LogP contribution in [0.5, 0.6) is 5.75 Å². The molecular formula is C17H19N5O3. The number of ether oxygens (including phenoxy) is 1. The second kappa shape index (κ2) is 7.16. The van der Waals surface area contributed by atoms with Crippen LogP contribution in [0.4, 0.5) is 0 Å². The van der Waals surface area contributed by atoms with Gasteiger partial charge in [0.2, 0.25) is 17.6 Å². The third kappa shape index (κ3) is 3.68. The average molecular weight is 341 g/mol. The Labute approximate surface area is 144 Å². The van der Waals surface area contributed by atoms with E-state index in [2.05, 4.69) is 20.6 Å². The van der Waals surface area contributed by atoms with Gasteiger partial charge in [-0.25, -0.2) is 0 Å². The van der Waals surface area contributed by atoms with Crippen LogP contribution in [-0.2, 0) is 4.79 Å². The highest BCUT2D eigenvalue weighted by Gasteiger charge is 2.21. The SMILES string of the molecule is COc1cccc(-c2noc([C@@H](C)NC(=O)[C@@H](C)n3cccn3)n2)c1. The van der Waals surface area contributed by atoms with Gasteiger partial charge in [0.15, 0.2) is 0 Å². The first-order chi connectivity index (χ1) is 12.1. The van der Waals surface area contributed by atoms with Crippen LogP contribution in [0.2, 0.25) is 0 Å². The van der Waals surface area contributed by atoms with E-state index in [9.17, 15) is 4.79 Å². The Morgan fingerprint density at radius 2 is 2.16 bits per heavy atom. The molecule has 0 fully saturated rings. The third-order valence-electron chi connectivity index (χ3n) is 3.80. The number of methoxy groups -OCH3 is 1.